The van der Waals surface area contributed by atoms with E-state index in [2.05, 4.69) is 0 Å². The van der Waals surface area contributed by atoms with Crippen molar-refractivity contribution in [2.24, 2.45) is 5.92 Å². The molecule has 1 fully saturated rings. The number of hydrogen-bond donors (Lipinski definition) is 1. The molecule has 0 radical (unpaired) electrons. The SMILES string of the molecule is C[C@@]1(C(F)(F)F)SC[C@@H](O)[C@H]1C(=O)c1ccccc1. The van der Waals surface area contributed by atoms with Crippen molar-refractivity contribution >= 4 is 17.5 Å². The molecule has 1 aliphatic heterocycles. The number of aliphatic hydroxyl groups is 1. The van der Waals surface area contributed by atoms with Crippen molar-refractivity contribution in [2.75, 3.05) is 5.75 Å². The Kier molecular flexibility index (Phi) is 3.66. The number of carbonyl (C=O) groups is 1. The maximum absolute atomic E-state index is 13.2. The molecule has 19 heavy (non-hydrogen) atoms. The highest BCUT2D eigenvalue weighted by molar-refractivity contribution is 8.01. The summed E-state index contributed by atoms with van der Waals surface area (Å²) in [7, 11) is 0. The number of alkyl halides is 3. The van der Waals surface area contributed by atoms with E-state index in [0.29, 0.717) is 11.8 Å². The molecule has 1 aliphatic rings. The molecular weight excluding hydrogens is 277 g/mol. The summed E-state index contributed by atoms with van der Waals surface area (Å²) >= 11 is 0.595. The summed E-state index contributed by atoms with van der Waals surface area (Å²) in [5, 5.41) is 9.78. The van der Waals surface area contributed by atoms with Gasteiger partial charge in [-0.3, -0.25) is 4.79 Å². The van der Waals surface area contributed by atoms with E-state index < -0.39 is 28.7 Å². The van der Waals surface area contributed by atoms with Gasteiger partial charge < -0.3 is 5.11 Å². The lowest BCUT2D eigenvalue weighted by molar-refractivity contribution is -0.167. The van der Waals surface area contributed by atoms with Crippen molar-refractivity contribution in [1.29, 1.82) is 0 Å². The lowest BCUT2D eigenvalue weighted by Crippen LogP contribution is -2.49. The van der Waals surface area contributed by atoms with E-state index in [1.165, 1.54) is 12.1 Å². The number of halogens is 3. The monoisotopic (exact) mass is 290 g/mol. The summed E-state index contributed by atoms with van der Waals surface area (Å²) in [5.41, 5.74) is 0.199. The molecule has 0 aliphatic carbocycles. The Morgan fingerprint density at radius 2 is 1.95 bits per heavy atom. The summed E-state index contributed by atoms with van der Waals surface area (Å²) in [6.07, 6.45) is -5.81. The fraction of sp³-hybridized carbons (Fsp3) is 0.462. The summed E-state index contributed by atoms with van der Waals surface area (Å²) in [4.78, 5) is 12.2. The highest BCUT2D eigenvalue weighted by Gasteiger charge is 2.63. The molecule has 0 unspecified atom stereocenters. The van der Waals surface area contributed by atoms with E-state index in [0.717, 1.165) is 6.92 Å². The Morgan fingerprint density at radius 3 is 2.47 bits per heavy atom. The molecule has 6 heteroatoms. The second-order valence-electron chi connectivity index (χ2n) is 4.69. The van der Waals surface area contributed by atoms with Gasteiger partial charge in [-0.25, -0.2) is 0 Å². The first kappa shape index (κ1) is 14.4. The number of ketones is 1. The smallest absolute Gasteiger partial charge is 0.391 e. The van der Waals surface area contributed by atoms with Crippen LogP contribution in [-0.4, -0.2) is 33.7 Å². The number of carbonyl (C=O) groups excluding carboxylic acids is 1. The minimum absolute atomic E-state index is 0.0841. The third-order valence-electron chi connectivity index (χ3n) is 3.44. The lowest BCUT2D eigenvalue weighted by Gasteiger charge is -2.32. The predicted molar refractivity (Wildman–Crippen MR) is 67.2 cm³/mol. The maximum atomic E-state index is 13.2. The number of rotatable bonds is 2. The van der Waals surface area contributed by atoms with Gasteiger partial charge in [0.15, 0.2) is 5.78 Å². The zero-order chi connectivity index (χ0) is 14.3. The molecule has 104 valence electrons. The van der Waals surface area contributed by atoms with Gasteiger partial charge in [0, 0.05) is 11.3 Å². The van der Waals surface area contributed by atoms with E-state index in [1.54, 1.807) is 18.2 Å². The summed E-state index contributed by atoms with van der Waals surface area (Å²) in [5.74, 6) is -2.20. The quantitative estimate of drug-likeness (QED) is 0.851. The Bertz CT molecular complexity index is 475. The van der Waals surface area contributed by atoms with Crippen LogP contribution < -0.4 is 0 Å². The van der Waals surface area contributed by atoms with Crippen molar-refractivity contribution in [3.63, 3.8) is 0 Å². The normalized spacial score (nSPS) is 31.4. The summed E-state index contributed by atoms with van der Waals surface area (Å²) in [6.45, 7) is 0.986. The van der Waals surface area contributed by atoms with Crippen LogP contribution in [-0.2, 0) is 0 Å². The molecule has 0 spiro atoms. The minimum Gasteiger partial charge on any atom is -0.391 e. The number of benzene rings is 1. The molecule has 0 saturated carbocycles. The summed E-state index contributed by atoms with van der Waals surface area (Å²) in [6, 6.07) is 7.79. The minimum atomic E-state index is -4.54. The van der Waals surface area contributed by atoms with Crippen LogP contribution in [0, 0.1) is 5.92 Å². The van der Waals surface area contributed by atoms with Crippen LogP contribution in [0.3, 0.4) is 0 Å². The molecule has 1 heterocycles. The number of Topliss-reactive ketones (excluding diaryl/α,β-unsaturated/α-hetero) is 1. The molecule has 1 saturated heterocycles. The fourth-order valence-corrected chi connectivity index (χ4v) is 3.59. The number of hydrogen-bond acceptors (Lipinski definition) is 3. The maximum Gasteiger partial charge on any atom is 0.403 e. The largest absolute Gasteiger partial charge is 0.403 e. The van der Waals surface area contributed by atoms with Crippen molar-refractivity contribution in [2.45, 2.75) is 24.0 Å². The molecular formula is C13H13F3O2S. The standard InChI is InChI=1S/C13H13F3O2S/c1-12(13(14,15)16)10(9(17)7-19-12)11(18)8-5-3-2-4-6-8/h2-6,9-10,17H,7H2,1H3/t9-,10+,12-/m1/s1. The molecule has 0 aromatic heterocycles. The first-order valence-corrected chi connectivity index (χ1v) is 6.74. The van der Waals surface area contributed by atoms with Crippen LogP contribution in [0.4, 0.5) is 13.2 Å². The third-order valence-corrected chi connectivity index (χ3v) is 5.03. The van der Waals surface area contributed by atoms with Crippen LogP contribution in [0.1, 0.15) is 17.3 Å². The van der Waals surface area contributed by atoms with Gasteiger partial charge in [0.1, 0.15) is 4.75 Å². The molecule has 1 aromatic carbocycles. The second-order valence-corrected chi connectivity index (χ2v) is 6.16. The van der Waals surface area contributed by atoms with Gasteiger partial charge in [-0.2, -0.15) is 13.2 Å². The number of aliphatic hydroxyl groups excluding tert-OH is 1. The Labute approximate surface area is 113 Å². The topological polar surface area (TPSA) is 37.3 Å². The zero-order valence-corrected chi connectivity index (χ0v) is 11.0. The average molecular weight is 290 g/mol. The van der Waals surface area contributed by atoms with Gasteiger partial charge in [-0.15, -0.1) is 11.8 Å². The summed E-state index contributed by atoms with van der Waals surface area (Å²) < 4.78 is 37.2. The third kappa shape index (κ3) is 2.39. The second kappa shape index (κ2) is 4.83. The molecule has 2 nitrogen and oxygen atoms in total. The van der Waals surface area contributed by atoms with Crippen molar-refractivity contribution in [1.82, 2.24) is 0 Å². The Balaban J connectivity index is 2.39. The Hall–Kier alpha value is -1.01. The molecule has 3 atom stereocenters. The van der Waals surface area contributed by atoms with E-state index in [9.17, 15) is 23.1 Å². The fourth-order valence-electron chi connectivity index (χ4n) is 2.28. The van der Waals surface area contributed by atoms with Crippen LogP contribution in [0.2, 0.25) is 0 Å². The van der Waals surface area contributed by atoms with Gasteiger partial charge in [0.25, 0.3) is 0 Å². The zero-order valence-electron chi connectivity index (χ0n) is 10.1. The van der Waals surface area contributed by atoms with Crippen molar-refractivity contribution in [3.05, 3.63) is 35.9 Å². The van der Waals surface area contributed by atoms with Gasteiger partial charge in [0.05, 0.1) is 12.0 Å². The predicted octanol–water partition coefficient (Wildman–Crippen LogP) is 2.91. The molecule has 1 aromatic rings. The molecule has 0 bridgehead atoms. The van der Waals surface area contributed by atoms with Crippen LogP contribution in [0.25, 0.3) is 0 Å². The van der Waals surface area contributed by atoms with Gasteiger partial charge in [0.2, 0.25) is 0 Å². The average Bonchev–Trinajstić information content (AvgIpc) is 2.66. The highest BCUT2D eigenvalue weighted by atomic mass is 32.2. The van der Waals surface area contributed by atoms with Crippen LogP contribution >= 0.6 is 11.8 Å². The first-order chi connectivity index (χ1) is 8.77. The number of thioether (sulfide) groups is 1. The van der Waals surface area contributed by atoms with E-state index in [4.69, 9.17) is 0 Å². The molecule has 1 N–H and O–H groups in total. The molecule has 2 rings (SSSR count). The first-order valence-electron chi connectivity index (χ1n) is 5.75. The lowest BCUT2D eigenvalue weighted by atomic mass is 9.82. The van der Waals surface area contributed by atoms with E-state index >= 15 is 0 Å². The van der Waals surface area contributed by atoms with Gasteiger partial charge in [-0.1, -0.05) is 30.3 Å². The van der Waals surface area contributed by atoms with Crippen molar-refractivity contribution < 1.29 is 23.1 Å². The van der Waals surface area contributed by atoms with Gasteiger partial charge >= 0.3 is 6.18 Å². The van der Waals surface area contributed by atoms with E-state index in [-0.39, 0.29) is 11.3 Å². The molecule has 0 amide bonds. The van der Waals surface area contributed by atoms with E-state index in [1.807, 2.05) is 0 Å². The van der Waals surface area contributed by atoms with Crippen LogP contribution in [0.5, 0.6) is 0 Å². The Morgan fingerprint density at radius 1 is 1.37 bits per heavy atom. The van der Waals surface area contributed by atoms with Gasteiger partial charge in [-0.05, 0) is 6.92 Å². The van der Waals surface area contributed by atoms with Crippen molar-refractivity contribution in [3.8, 4) is 0 Å². The highest BCUT2D eigenvalue weighted by Crippen LogP contribution is 2.53. The van der Waals surface area contributed by atoms with Crippen LogP contribution in [0.15, 0.2) is 30.3 Å².